The topological polar surface area (TPSA) is 43.4 Å². The molecule has 0 aromatic heterocycles. The van der Waals surface area contributed by atoms with E-state index in [0.29, 0.717) is 31.3 Å². The highest BCUT2D eigenvalue weighted by Gasteiger charge is 2.20. The number of allylic oxidation sites excluding steroid dienone is 6. The second-order valence-electron chi connectivity index (χ2n) is 5.74. The summed E-state index contributed by atoms with van der Waals surface area (Å²) in [6.07, 6.45) is 16.2. The van der Waals surface area contributed by atoms with E-state index in [1.165, 1.54) is 0 Å². The number of Topliss-reactive ketones (excluding diaryl/α,β-unsaturated/α-hetero) is 1. The summed E-state index contributed by atoms with van der Waals surface area (Å²) in [5.41, 5.74) is 0.689. The second kappa shape index (κ2) is 11.9. The second-order valence-corrected chi connectivity index (χ2v) is 6.15. The van der Waals surface area contributed by atoms with Gasteiger partial charge in [0, 0.05) is 24.8 Å². The number of carbonyl (C=O) groups is 2. The summed E-state index contributed by atoms with van der Waals surface area (Å²) in [6, 6.07) is 0. The highest BCUT2D eigenvalue weighted by molar-refractivity contribution is 6.46. The van der Waals surface area contributed by atoms with Gasteiger partial charge in [-0.05, 0) is 32.6 Å². The molecule has 0 saturated heterocycles. The van der Waals surface area contributed by atoms with Crippen LogP contribution in [0.1, 0.15) is 58.8 Å². The number of halogens is 1. The van der Waals surface area contributed by atoms with Gasteiger partial charge in [0.2, 0.25) is 0 Å². The maximum absolute atomic E-state index is 12.0. The summed E-state index contributed by atoms with van der Waals surface area (Å²) in [5.74, 6) is -0.293. The van der Waals surface area contributed by atoms with Crippen LogP contribution in [-0.4, -0.2) is 17.9 Å². The maximum Gasteiger partial charge on any atom is 0.306 e. The molecular formula is C20H27ClO3. The molecule has 4 heteroatoms. The molecule has 0 amide bonds. The van der Waals surface area contributed by atoms with E-state index in [0.717, 1.165) is 19.3 Å². The molecule has 0 heterocycles. The lowest BCUT2D eigenvalue weighted by atomic mass is 10.1. The van der Waals surface area contributed by atoms with Crippen LogP contribution in [-0.2, 0) is 14.3 Å². The Labute approximate surface area is 150 Å². The van der Waals surface area contributed by atoms with Gasteiger partial charge >= 0.3 is 5.97 Å². The highest BCUT2D eigenvalue weighted by Crippen LogP contribution is 2.24. The molecule has 0 radical (unpaired) electrons. The first-order chi connectivity index (χ1) is 11.6. The summed E-state index contributed by atoms with van der Waals surface area (Å²) in [7, 11) is 0. The van der Waals surface area contributed by atoms with Crippen molar-refractivity contribution in [3.8, 4) is 0 Å². The largest absolute Gasteiger partial charge is 0.462 e. The number of esters is 1. The molecule has 1 unspecified atom stereocenters. The quantitative estimate of drug-likeness (QED) is 0.229. The van der Waals surface area contributed by atoms with Crippen molar-refractivity contribution in [1.29, 1.82) is 0 Å². The fourth-order valence-corrected chi connectivity index (χ4v) is 2.57. The van der Waals surface area contributed by atoms with Gasteiger partial charge in [0.15, 0.2) is 5.78 Å². The van der Waals surface area contributed by atoms with Crippen LogP contribution in [0.2, 0.25) is 0 Å². The average molecular weight is 351 g/mol. The molecule has 1 atom stereocenters. The van der Waals surface area contributed by atoms with E-state index >= 15 is 0 Å². The Hall–Kier alpha value is -1.61. The van der Waals surface area contributed by atoms with Crippen LogP contribution in [0.25, 0.3) is 0 Å². The molecule has 0 fully saturated rings. The minimum absolute atomic E-state index is 0.114. The lowest BCUT2D eigenvalue weighted by molar-refractivity contribution is -0.148. The molecule has 0 saturated carbocycles. The molecule has 1 aliphatic carbocycles. The number of unbranched alkanes of at least 4 members (excludes halogenated alkanes) is 1. The number of hydrogen-bond donors (Lipinski definition) is 0. The Morgan fingerprint density at radius 3 is 2.75 bits per heavy atom. The van der Waals surface area contributed by atoms with E-state index in [2.05, 4.69) is 13.0 Å². The molecule has 0 N–H and O–H groups in total. The zero-order valence-electron chi connectivity index (χ0n) is 14.6. The van der Waals surface area contributed by atoms with E-state index in [4.69, 9.17) is 16.3 Å². The maximum atomic E-state index is 12.0. The number of ketones is 1. The molecule has 0 spiro atoms. The van der Waals surface area contributed by atoms with Crippen molar-refractivity contribution in [2.45, 2.75) is 64.9 Å². The molecule has 1 aliphatic rings. The van der Waals surface area contributed by atoms with Gasteiger partial charge in [0.1, 0.15) is 6.10 Å². The normalized spacial score (nSPS) is 17.9. The standard InChI is InChI=1S/C20H27ClO3/c1-3-5-7-9-11-19(22)24-17(10-8-6-4-2)14-12-16-13-15-18(21)20(16)23/h3,5-6,8,12,15,17H,4,7,9-11,13-14H2,1-2H3/b5-3-,8-6-,16-12+. The Bertz CT molecular complexity index is 541. The molecular weight excluding hydrogens is 324 g/mol. The summed E-state index contributed by atoms with van der Waals surface area (Å²) in [5, 5.41) is 0.282. The summed E-state index contributed by atoms with van der Waals surface area (Å²) in [4.78, 5) is 23.8. The lowest BCUT2D eigenvalue weighted by Crippen LogP contribution is -2.17. The molecule has 0 aromatic rings. The van der Waals surface area contributed by atoms with Gasteiger partial charge in [-0.25, -0.2) is 0 Å². The molecule has 0 aliphatic heterocycles. The number of carbonyl (C=O) groups excluding carboxylic acids is 2. The Kier molecular flexibility index (Phi) is 10.1. The van der Waals surface area contributed by atoms with Crippen molar-refractivity contribution in [3.05, 3.63) is 47.1 Å². The summed E-state index contributed by atoms with van der Waals surface area (Å²) >= 11 is 5.81. The number of hydrogen-bond acceptors (Lipinski definition) is 3. The van der Waals surface area contributed by atoms with Gasteiger partial charge in [-0.15, -0.1) is 0 Å². The lowest BCUT2D eigenvalue weighted by Gasteiger charge is -2.15. The van der Waals surface area contributed by atoms with Crippen LogP contribution in [0.3, 0.4) is 0 Å². The highest BCUT2D eigenvalue weighted by atomic mass is 35.5. The molecule has 132 valence electrons. The van der Waals surface area contributed by atoms with Crippen LogP contribution in [0.5, 0.6) is 0 Å². The van der Waals surface area contributed by atoms with Gasteiger partial charge < -0.3 is 4.74 Å². The van der Waals surface area contributed by atoms with Crippen LogP contribution < -0.4 is 0 Å². The summed E-state index contributed by atoms with van der Waals surface area (Å²) in [6.45, 7) is 4.03. The predicted molar refractivity (Wildman–Crippen MR) is 98.9 cm³/mol. The molecule has 1 rings (SSSR count). The third kappa shape index (κ3) is 7.78. The average Bonchev–Trinajstić information content (AvgIpc) is 2.88. The van der Waals surface area contributed by atoms with Gasteiger partial charge in [0.25, 0.3) is 0 Å². The van der Waals surface area contributed by atoms with E-state index in [9.17, 15) is 9.59 Å². The first kappa shape index (κ1) is 20.4. The third-order valence-corrected chi connectivity index (χ3v) is 4.05. The van der Waals surface area contributed by atoms with E-state index in [-0.39, 0.29) is 22.9 Å². The van der Waals surface area contributed by atoms with Crippen LogP contribution >= 0.6 is 11.6 Å². The summed E-state index contributed by atoms with van der Waals surface area (Å²) < 4.78 is 5.58. The predicted octanol–water partition coefficient (Wildman–Crippen LogP) is 5.41. The minimum atomic E-state index is -0.235. The zero-order chi connectivity index (χ0) is 17.8. The van der Waals surface area contributed by atoms with E-state index in [1.807, 2.05) is 31.2 Å². The van der Waals surface area contributed by atoms with Crippen LogP contribution in [0.15, 0.2) is 47.1 Å². The molecule has 24 heavy (non-hydrogen) atoms. The zero-order valence-corrected chi connectivity index (χ0v) is 15.3. The smallest absolute Gasteiger partial charge is 0.306 e. The number of rotatable bonds is 10. The van der Waals surface area contributed by atoms with Gasteiger partial charge in [-0.1, -0.05) is 55.0 Å². The Balaban J connectivity index is 2.54. The molecule has 0 aromatic carbocycles. The van der Waals surface area contributed by atoms with E-state index < -0.39 is 0 Å². The molecule has 0 bridgehead atoms. The van der Waals surface area contributed by atoms with Crippen molar-refractivity contribution in [3.63, 3.8) is 0 Å². The number of ether oxygens (including phenoxy) is 1. The van der Waals surface area contributed by atoms with Crippen molar-refractivity contribution >= 4 is 23.4 Å². The third-order valence-electron chi connectivity index (χ3n) is 3.72. The Morgan fingerprint density at radius 2 is 2.12 bits per heavy atom. The van der Waals surface area contributed by atoms with Crippen molar-refractivity contribution in [2.75, 3.05) is 0 Å². The SMILES string of the molecule is C/C=C\CCCC(=O)OC(C/C=C\CC)C/C=C1\CC=C(Cl)C1=O. The van der Waals surface area contributed by atoms with Gasteiger partial charge in [-0.3, -0.25) is 9.59 Å². The fraction of sp³-hybridized carbons (Fsp3) is 0.500. The Morgan fingerprint density at radius 1 is 1.33 bits per heavy atom. The fourth-order valence-electron chi connectivity index (χ4n) is 2.37. The van der Waals surface area contributed by atoms with E-state index in [1.54, 1.807) is 6.08 Å². The first-order valence-corrected chi connectivity index (χ1v) is 9.01. The van der Waals surface area contributed by atoms with Crippen molar-refractivity contribution in [2.24, 2.45) is 0 Å². The van der Waals surface area contributed by atoms with Crippen LogP contribution in [0, 0.1) is 0 Å². The monoisotopic (exact) mass is 350 g/mol. The van der Waals surface area contributed by atoms with Crippen LogP contribution in [0.4, 0.5) is 0 Å². The van der Waals surface area contributed by atoms with Crippen molar-refractivity contribution < 1.29 is 14.3 Å². The minimum Gasteiger partial charge on any atom is -0.462 e. The first-order valence-electron chi connectivity index (χ1n) is 8.63. The van der Waals surface area contributed by atoms with Crippen molar-refractivity contribution in [1.82, 2.24) is 0 Å². The molecule has 3 nitrogen and oxygen atoms in total. The van der Waals surface area contributed by atoms with Gasteiger partial charge in [0.05, 0.1) is 5.03 Å². The van der Waals surface area contributed by atoms with Gasteiger partial charge in [-0.2, -0.15) is 0 Å².